The highest BCUT2D eigenvalue weighted by atomic mass is 16.5. The number of ether oxygens (including phenoxy) is 1. The van der Waals surface area contributed by atoms with Gasteiger partial charge >= 0.3 is 0 Å². The average Bonchev–Trinajstić information content (AvgIpc) is 2.82. The van der Waals surface area contributed by atoms with E-state index in [1.54, 1.807) is 16.9 Å². The number of hydrogen-bond acceptors (Lipinski definition) is 4. The van der Waals surface area contributed by atoms with Crippen LogP contribution in [-0.4, -0.2) is 86.0 Å². The highest BCUT2D eigenvalue weighted by molar-refractivity contribution is 5.85. The van der Waals surface area contributed by atoms with Gasteiger partial charge in [-0.2, -0.15) is 0 Å². The molecule has 0 aromatic carbocycles. The van der Waals surface area contributed by atoms with Gasteiger partial charge in [0.05, 0.1) is 12.6 Å². The van der Waals surface area contributed by atoms with E-state index >= 15 is 0 Å². The summed E-state index contributed by atoms with van der Waals surface area (Å²) in [7, 11) is 5.62. The second kappa shape index (κ2) is 7.22. The summed E-state index contributed by atoms with van der Waals surface area (Å²) in [6.07, 6.45) is 3.74. The predicted octanol–water partition coefficient (Wildman–Crippen LogP) is 0.176. The maximum Gasteiger partial charge on any atom is 0.241 e. The molecule has 6 nitrogen and oxygen atoms in total. The number of hydrogen-bond donors (Lipinski definition) is 0. The van der Waals surface area contributed by atoms with Crippen LogP contribution in [-0.2, 0) is 14.3 Å². The number of carbonyl (C=O) groups is 2. The fraction of sp³-hybridized carbons (Fsp3) is 0.867. The summed E-state index contributed by atoms with van der Waals surface area (Å²) in [5.41, 5.74) is 0. The molecule has 0 saturated carbocycles. The molecule has 0 aliphatic carbocycles. The fourth-order valence-corrected chi connectivity index (χ4v) is 3.14. The molecule has 0 N–H and O–H groups in total. The maximum absolute atomic E-state index is 12.3. The molecule has 0 unspecified atom stereocenters. The van der Waals surface area contributed by atoms with Crippen LogP contribution in [0.4, 0.5) is 0 Å². The van der Waals surface area contributed by atoms with Crippen LogP contribution in [0.25, 0.3) is 0 Å². The Hall–Kier alpha value is -1.14. The Kier molecular flexibility index (Phi) is 5.58. The second-order valence-corrected chi connectivity index (χ2v) is 6.23. The van der Waals surface area contributed by atoms with E-state index < -0.39 is 0 Å². The number of likely N-dealkylation sites (tertiary alicyclic amines) is 2. The summed E-state index contributed by atoms with van der Waals surface area (Å²) in [5.74, 6) is 0.139. The third-order valence-electron chi connectivity index (χ3n) is 4.64. The quantitative estimate of drug-likeness (QED) is 0.726. The monoisotopic (exact) mass is 297 g/mol. The standard InChI is InChI=1S/C15H27N3O3/c1-16-10-13(21-3)8-12(16)9-17(2)15(20)11-18-7-5-4-6-14(18)19/h12-13H,4-11H2,1-3H3/t12-,13-/m0/s1. The molecular weight excluding hydrogens is 270 g/mol. The van der Waals surface area contributed by atoms with Crippen molar-refractivity contribution in [3.8, 4) is 0 Å². The summed E-state index contributed by atoms with van der Waals surface area (Å²) in [6, 6.07) is 0.334. The van der Waals surface area contributed by atoms with Gasteiger partial charge in [0.2, 0.25) is 11.8 Å². The molecule has 21 heavy (non-hydrogen) atoms. The average molecular weight is 297 g/mol. The van der Waals surface area contributed by atoms with Crippen LogP contribution in [0.15, 0.2) is 0 Å². The minimum Gasteiger partial charge on any atom is -0.380 e. The lowest BCUT2D eigenvalue weighted by Crippen LogP contribution is -2.46. The second-order valence-electron chi connectivity index (χ2n) is 6.23. The Balaban J connectivity index is 1.81. The van der Waals surface area contributed by atoms with Crippen molar-refractivity contribution in [2.75, 3.05) is 47.4 Å². The van der Waals surface area contributed by atoms with Crippen LogP contribution in [0.3, 0.4) is 0 Å². The predicted molar refractivity (Wildman–Crippen MR) is 79.9 cm³/mol. The Bertz CT molecular complexity index is 388. The van der Waals surface area contributed by atoms with Crippen molar-refractivity contribution in [1.82, 2.24) is 14.7 Å². The minimum absolute atomic E-state index is 0.0273. The fourth-order valence-electron chi connectivity index (χ4n) is 3.14. The van der Waals surface area contributed by atoms with E-state index in [2.05, 4.69) is 11.9 Å². The SMILES string of the molecule is CO[C@H]1C[C@@H](CN(C)C(=O)CN2CCCCC2=O)N(C)C1. The van der Waals surface area contributed by atoms with Crippen LogP contribution in [0.1, 0.15) is 25.7 Å². The zero-order valence-electron chi connectivity index (χ0n) is 13.4. The molecule has 2 aliphatic heterocycles. The van der Waals surface area contributed by atoms with E-state index in [0.29, 0.717) is 25.6 Å². The summed E-state index contributed by atoms with van der Waals surface area (Å²) in [5, 5.41) is 0. The molecule has 2 fully saturated rings. The van der Waals surface area contributed by atoms with E-state index in [1.165, 1.54) is 0 Å². The molecular formula is C15H27N3O3. The number of piperidine rings is 1. The number of methoxy groups -OCH3 is 1. The lowest BCUT2D eigenvalue weighted by Gasteiger charge is -2.30. The van der Waals surface area contributed by atoms with Crippen molar-refractivity contribution in [2.24, 2.45) is 0 Å². The van der Waals surface area contributed by atoms with Crippen molar-refractivity contribution in [3.05, 3.63) is 0 Å². The lowest BCUT2D eigenvalue weighted by molar-refractivity contribution is -0.141. The van der Waals surface area contributed by atoms with Gasteiger partial charge in [-0.1, -0.05) is 0 Å². The maximum atomic E-state index is 12.3. The number of amides is 2. The number of carbonyl (C=O) groups excluding carboxylic acids is 2. The Morgan fingerprint density at radius 2 is 2.19 bits per heavy atom. The lowest BCUT2D eigenvalue weighted by atomic mass is 10.1. The molecule has 2 atom stereocenters. The Morgan fingerprint density at radius 1 is 1.43 bits per heavy atom. The molecule has 0 bridgehead atoms. The van der Waals surface area contributed by atoms with Gasteiger partial charge in [0, 0.05) is 46.3 Å². The van der Waals surface area contributed by atoms with Gasteiger partial charge in [0.15, 0.2) is 0 Å². The molecule has 0 aromatic heterocycles. The third-order valence-corrected chi connectivity index (χ3v) is 4.64. The van der Waals surface area contributed by atoms with E-state index in [0.717, 1.165) is 25.8 Å². The summed E-state index contributed by atoms with van der Waals surface area (Å²) >= 11 is 0. The first-order valence-electron chi connectivity index (χ1n) is 7.76. The summed E-state index contributed by atoms with van der Waals surface area (Å²) < 4.78 is 5.39. The molecule has 2 heterocycles. The summed E-state index contributed by atoms with van der Waals surface area (Å²) in [6.45, 7) is 2.54. The van der Waals surface area contributed by atoms with Crippen LogP contribution < -0.4 is 0 Å². The molecule has 120 valence electrons. The van der Waals surface area contributed by atoms with Crippen molar-refractivity contribution in [3.63, 3.8) is 0 Å². The topological polar surface area (TPSA) is 53.1 Å². The van der Waals surface area contributed by atoms with Crippen molar-refractivity contribution in [1.29, 1.82) is 0 Å². The third kappa shape index (κ3) is 4.17. The van der Waals surface area contributed by atoms with Gasteiger partial charge in [-0.05, 0) is 26.3 Å². The smallest absolute Gasteiger partial charge is 0.241 e. The van der Waals surface area contributed by atoms with Crippen LogP contribution >= 0.6 is 0 Å². The molecule has 2 saturated heterocycles. The van der Waals surface area contributed by atoms with E-state index in [-0.39, 0.29) is 24.5 Å². The van der Waals surface area contributed by atoms with Gasteiger partial charge in [0.1, 0.15) is 0 Å². The van der Waals surface area contributed by atoms with Crippen molar-refractivity contribution < 1.29 is 14.3 Å². The molecule has 2 rings (SSSR count). The van der Waals surface area contributed by atoms with Crippen LogP contribution in [0.2, 0.25) is 0 Å². The van der Waals surface area contributed by atoms with E-state index in [9.17, 15) is 9.59 Å². The van der Waals surface area contributed by atoms with E-state index in [1.807, 2.05) is 7.05 Å². The van der Waals surface area contributed by atoms with Gasteiger partial charge in [-0.3, -0.25) is 14.5 Å². The van der Waals surface area contributed by atoms with Gasteiger partial charge in [-0.25, -0.2) is 0 Å². The molecule has 2 aliphatic rings. The highest BCUT2D eigenvalue weighted by Gasteiger charge is 2.31. The Morgan fingerprint density at radius 3 is 2.81 bits per heavy atom. The normalized spacial score (nSPS) is 27.2. The largest absolute Gasteiger partial charge is 0.380 e. The highest BCUT2D eigenvalue weighted by Crippen LogP contribution is 2.19. The van der Waals surface area contributed by atoms with Crippen molar-refractivity contribution in [2.45, 2.75) is 37.8 Å². The molecule has 0 aromatic rings. The zero-order valence-corrected chi connectivity index (χ0v) is 13.4. The minimum atomic E-state index is 0.0273. The molecule has 2 amide bonds. The number of nitrogens with zero attached hydrogens (tertiary/aromatic N) is 3. The van der Waals surface area contributed by atoms with Crippen LogP contribution in [0, 0.1) is 0 Å². The van der Waals surface area contributed by atoms with E-state index in [4.69, 9.17) is 4.74 Å². The molecule has 0 spiro atoms. The first kappa shape index (κ1) is 16.2. The Labute approximate surface area is 127 Å². The van der Waals surface area contributed by atoms with Gasteiger partial charge < -0.3 is 14.5 Å². The number of likely N-dealkylation sites (N-methyl/N-ethyl adjacent to an activating group) is 2. The van der Waals surface area contributed by atoms with Gasteiger partial charge in [-0.15, -0.1) is 0 Å². The van der Waals surface area contributed by atoms with Crippen LogP contribution in [0.5, 0.6) is 0 Å². The molecule has 0 radical (unpaired) electrons. The van der Waals surface area contributed by atoms with Crippen molar-refractivity contribution >= 4 is 11.8 Å². The first-order valence-corrected chi connectivity index (χ1v) is 7.76. The van der Waals surface area contributed by atoms with Gasteiger partial charge in [0.25, 0.3) is 0 Å². The first-order chi connectivity index (χ1) is 10.0. The number of rotatable bonds is 5. The zero-order chi connectivity index (χ0) is 15.4. The molecule has 6 heteroatoms. The summed E-state index contributed by atoms with van der Waals surface area (Å²) in [4.78, 5) is 29.7.